The van der Waals surface area contributed by atoms with Crippen molar-refractivity contribution in [3.63, 3.8) is 0 Å². The van der Waals surface area contributed by atoms with Crippen molar-refractivity contribution in [1.82, 2.24) is 0 Å². The van der Waals surface area contributed by atoms with Crippen LogP contribution in [0.25, 0.3) is 11.0 Å². The van der Waals surface area contributed by atoms with Crippen LogP contribution in [0.5, 0.6) is 0 Å². The van der Waals surface area contributed by atoms with Gasteiger partial charge in [0.05, 0.1) is 7.11 Å². The minimum Gasteiger partial charge on any atom is -0.469 e. The number of nitrogens with one attached hydrogen (secondary N) is 1. The molecular weight excluding hydrogens is 294 g/mol. The quantitative estimate of drug-likeness (QED) is 0.878. The second-order valence-electron chi connectivity index (χ2n) is 6.32. The van der Waals surface area contributed by atoms with Crippen molar-refractivity contribution in [2.75, 3.05) is 12.4 Å². The summed E-state index contributed by atoms with van der Waals surface area (Å²) in [6, 6.07) is 5.70. The molecule has 1 aliphatic rings. The van der Waals surface area contributed by atoms with Crippen LogP contribution < -0.4 is 5.32 Å². The number of amides is 1. The Labute approximate surface area is 135 Å². The highest BCUT2D eigenvalue weighted by atomic mass is 16.5. The lowest BCUT2D eigenvalue weighted by atomic mass is 9.79. The normalized spacial score (nSPS) is 20.1. The fourth-order valence-electron chi connectivity index (χ4n) is 3.58. The van der Waals surface area contributed by atoms with Gasteiger partial charge in [-0.15, -0.1) is 0 Å². The van der Waals surface area contributed by atoms with Gasteiger partial charge in [-0.2, -0.15) is 0 Å². The number of ether oxygens (including phenoxy) is 1. The standard InChI is InChI=1S/C18H21NO4/c1-10-6-12(8-17(21)22-3)7-16-18(10)14-9-13(19-11(2)20)4-5-15(14)23-16/h4-5,9-10,12H,6-8H2,1-3H3,(H,19,20). The molecule has 0 saturated heterocycles. The van der Waals surface area contributed by atoms with Gasteiger partial charge in [-0.25, -0.2) is 0 Å². The number of carbonyl (C=O) groups excluding carboxylic acids is 2. The summed E-state index contributed by atoms with van der Waals surface area (Å²) in [6.45, 7) is 3.65. The van der Waals surface area contributed by atoms with Gasteiger partial charge in [0, 0.05) is 36.4 Å². The number of furan rings is 1. The Balaban J connectivity index is 1.94. The minimum absolute atomic E-state index is 0.0899. The molecule has 3 rings (SSSR count). The predicted molar refractivity (Wildman–Crippen MR) is 87.4 cm³/mol. The zero-order valence-corrected chi connectivity index (χ0v) is 13.6. The largest absolute Gasteiger partial charge is 0.469 e. The van der Waals surface area contributed by atoms with Crippen LogP contribution in [0.3, 0.4) is 0 Å². The number of carbonyl (C=O) groups is 2. The Kier molecular flexibility index (Phi) is 4.11. The first kappa shape index (κ1) is 15.6. The lowest BCUT2D eigenvalue weighted by Gasteiger charge is -2.25. The molecular formula is C18H21NO4. The molecule has 2 atom stereocenters. The topological polar surface area (TPSA) is 68.5 Å². The molecule has 1 N–H and O–H groups in total. The molecule has 0 bridgehead atoms. The maximum Gasteiger partial charge on any atom is 0.305 e. The number of hydrogen-bond donors (Lipinski definition) is 1. The van der Waals surface area contributed by atoms with Crippen LogP contribution in [0.2, 0.25) is 0 Å². The highest BCUT2D eigenvalue weighted by molar-refractivity contribution is 5.93. The average Bonchev–Trinajstić information content (AvgIpc) is 2.84. The fraction of sp³-hybridized carbons (Fsp3) is 0.444. The molecule has 0 fully saturated rings. The summed E-state index contributed by atoms with van der Waals surface area (Å²) in [4.78, 5) is 22.8. The minimum atomic E-state index is -0.172. The van der Waals surface area contributed by atoms with E-state index in [1.165, 1.54) is 19.6 Å². The Bertz CT molecular complexity index is 762. The Morgan fingerprint density at radius 2 is 2.17 bits per heavy atom. The molecule has 2 unspecified atom stereocenters. The summed E-state index contributed by atoms with van der Waals surface area (Å²) < 4.78 is 10.8. The highest BCUT2D eigenvalue weighted by Crippen LogP contribution is 2.42. The second kappa shape index (κ2) is 6.07. The molecule has 5 heteroatoms. The number of esters is 1. The SMILES string of the molecule is COC(=O)CC1Cc2oc3ccc(NC(C)=O)cc3c2C(C)C1. The number of fused-ring (bicyclic) bond motifs is 3. The van der Waals surface area contributed by atoms with Crippen molar-refractivity contribution in [2.24, 2.45) is 5.92 Å². The van der Waals surface area contributed by atoms with E-state index >= 15 is 0 Å². The van der Waals surface area contributed by atoms with Gasteiger partial charge in [-0.1, -0.05) is 6.92 Å². The van der Waals surface area contributed by atoms with E-state index in [1.54, 1.807) is 0 Å². The lowest BCUT2D eigenvalue weighted by molar-refractivity contribution is -0.141. The van der Waals surface area contributed by atoms with Gasteiger partial charge in [0.25, 0.3) is 0 Å². The second-order valence-corrected chi connectivity index (χ2v) is 6.32. The van der Waals surface area contributed by atoms with Crippen molar-refractivity contribution in [2.45, 2.75) is 39.0 Å². The molecule has 2 aromatic rings. The molecule has 1 aromatic carbocycles. The molecule has 0 radical (unpaired) electrons. The van der Waals surface area contributed by atoms with Crippen molar-refractivity contribution in [3.8, 4) is 0 Å². The third-order valence-electron chi connectivity index (χ3n) is 4.46. The summed E-state index contributed by atoms with van der Waals surface area (Å²) in [7, 11) is 1.42. The van der Waals surface area contributed by atoms with Crippen LogP contribution in [-0.4, -0.2) is 19.0 Å². The van der Waals surface area contributed by atoms with Gasteiger partial charge in [-0.3, -0.25) is 9.59 Å². The van der Waals surface area contributed by atoms with Crippen LogP contribution in [0.1, 0.15) is 43.9 Å². The Morgan fingerprint density at radius 3 is 2.87 bits per heavy atom. The number of rotatable bonds is 3. The van der Waals surface area contributed by atoms with Crippen LogP contribution in [0.15, 0.2) is 22.6 Å². The first-order valence-corrected chi connectivity index (χ1v) is 7.87. The fourth-order valence-corrected chi connectivity index (χ4v) is 3.58. The molecule has 23 heavy (non-hydrogen) atoms. The molecule has 0 aliphatic heterocycles. The van der Waals surface area contributed by atoms with Crippen LogP contribution >= 0.6 is 0 Å². The summed E-state index contributed by atoms with van der Waals surface area (Å²) >= 11 is 0. The zero-order chi connectivity index (χ0) is 16.6. The molecule has 0 saturated carbocycles. The van der Waals surface area contributed by atoms with E-state index in [2.05, 4.69) is 12.2 Å². The van der Waals surface area contributed by atoms with Crippen molar-refractivity contribution >= 4 is 28.5 Å². The summed E-state index contributed by atoms with van der Waals surface area (Å²) in [6.07, 6.45) is 2.11. The number of benzene rings is 1. The Morgan fingerprint density at radius 1 is 1.39 bits per heavy atom. The Hall–Kier alpha value is -2.30. The van der Waals surface area contributed by atoms with E-state index in [0.717, 1.165) is 35.3 Å². The summed E-state index contributed by atoms with van der Waals surface area (Å²) in [5.41, 5.74) is 2.81. The number of methoxy groups -OCH3 is 1. The van der Waals surface area contributed by atoms with Gasteiger partial charge >= 0.3 is 5.97 Å². The third kappa shape index (κ3) is 3.09. The monoisotopic (exact) mass is 315 g/mol. The van der Waals surface area contributed by atoms with Gasteiger partial charge in [0.1, 0.15) is 11.3 Å². The van der Waals surface area contributed by atoms with Crippen LogP contribution in [-0.2, 0) is 20.7 Å². The summed E-state index contributed by atoms with van der Waals surface area (Å²) in [5.74, 6) is 1.25. The zero-order valence-electron chi connectivity index (χ0n) is 13.6. The maximum absolute atomic E-state index is 11.5. The van der Waals surface area contributed by atoms with Gasteiger partial charge in [-0.05, 0) is 36.5 Å². The summed E-state index contributed by atoms with van der Waals surface area (Å²) in [5, 5.41) is 3.86. The number of anilines is 1. The first-order valence-electron chi connectivity index (χ1n) is 7.87. The molecule has 5 nitrogen and oxygen atoms in total. The van der Waals surface area contributed by atoms with Crippen LogP contribution in [0.4, 0.5) is 5.69 Å². The molecule has 1 aliphatic carbocycles. The predicted octanol–water partition coefficient (Wildman–Crippen LogP) is 3.62. The van der Waals surface area contributed by atoms with Gasteiger partial charge < -0.3 is 14.5 Å². The van der Waals surface area contributed by atoms with E-state index in [4.69, 9.17) is 9.15 Å². The molecule has 1 aromatic heterocycles. The van der Waals surface area contributed by atoms with Crippen molar-refractivity contribution < 1.29 is 18.7 Å². The maximum atomic E-state index is 11.5. The third-order valence-corrected chi connectivity index (χ3v) is 4.46. The van der Waals surface area contributed by atoms with Gasteiger partial charge in [0.2, 0.25) is 5.91 Å². The van der Waals surface area contributed by atoms with E-state index in [0.29, 0.717) is 12.3 Å². The molecule has 0 spiro atoms. The highest BCUT2D eigenvalue weighted by Gasteiger charge is 2.30. The first-order chi connectivity index (χ1) is 11.0. The molecule has 1 heterocycles. The van der Waals surface area contributed by atoms with Crippen molar-refractivity contribution in [1.29, 1.82) is 0 Å². The van der Waals surface area contributed by atoms with E-state index in [-0.39, 0.29) is 17.8 Å². The van der Waals surface area contributed by atoms with E-state index in [1.807, 2.05) is 18.2 Å². The smallest absolute Gasteiger partial charge is 0.305 e. The van der Waals surface area contributed by atoms with E-state index in [9.17, 15) is 9.59 Å². The molecule has 1 amide bonds. The number of hydrogen-bond acceptors (Lipinski definition) is 4. The van der Waals surface area contributed by atoms with Crippen LogP contribution in [0, 0.1) is 5.92 Å². The average molecular weight is 315 g/mol. The van der Waals surface area contributed by atoms with E-state index < -0.39 is 0 Å². The molecule has 122 valence electrons. The van der Waals surface area contributed by atoms with Crippen molar-refractivity contribution in [3.05, 3.63) is 29.5 Å². The lowest BCUT2D eigenvalue weighted by Crippen LogP contribution is -2.19. The van der Waals surface area contributed by atoms with Gasteiger partial charge in [0.15, 0.2) is 0 Å².